The molecule has 1 amide bonds. The predicted molar refractivity (Wildman–Crippen MR) is 114 cm³/mol. The van der Waals surface area contributed by atoms with Gasteiger partial charge in [-0.1, -0.05) is 35.2 Å². The fourth-order valence-electron chi connectivity index (χ4n) is 2.75. The molecule has 2 aromatic heterocycles. The second kappa shape index (κ2) is 8.19. The minimum absolute atomic E-state index is 0.139. The van der Waals surface area contributed by atoms with Gasteiger partial charge in [0.25, 0.3) is 5.91 Å². The number of thioether (sulfide) groups is 1. The Balaban J connectivity index is 1.42. The van der Waals surface area contributed by atoms with E-state index in [4.69, 9.17) is 0 Å². The van der Waals surface area contributed by atoms with Gasteiger partial charge in [0.1, 0.15) is 0 Å². The van der Waals surface area contributed by atoms with E-state index in [9.17, 15) is 13.2 Å². The van der Waals surface area contributed by atoms with Crippen molar-refractivity contribution in [3.05, 3.63) is 52.2 Å². The van der Waals surface area contributed by atoms with Gasteiger partial charge in [0, 0.05) is 22.7 Å². The van der Waals surface area contributed by atoms with Crippen LogP contribution in [-0.2, 0) is 15.8 Å². The van der Waals surface area contributed by atoms with Crippen LogP contribution in [0.15, 0.2) is 46.1 Å². The molecule has 4 rings (SSSR count). The van der Waals surface area contributed by atoms with E-state index in [1.165, 1.54) is 20.5 Å². The van der Waals surface area contributed by atoms with E-state index < -0.39 is 10.0 Å². The van der Waals surface area contributed by atoms with Crippen molar-refractivity contribution in [3.8, 4) is 0 Å². The Morgan fingerprint density at radius 3 is 2.89 bits per heavy atom. The number of benzene rings is 1. The molecule has 0 spiro atoms. The highest BCUT2D eigenvalue weighted by Crippen LogP contribution is 2.30. The van der Waals surface area contributed by atoms with E-state index in [1.54, 1.807) is 47.4 Å². The van der Waals surface area contributed by atoms with Gasteiger partial charge >= 0.3 is 0 Å². The summed E-state index contributed by atoms with van der Waals surface area (Å²) in [5.74, 6) is 0.608. The summed E-state index contributed by atoms with van der Waals surface area (Å²) in [6.07, 6.45) is 0.593. The number of sulfonamides is 1. The van der Waals surface area contributed by atoms with Crippen molar-refractivity contribution in [1.29, 1.82) is 0 Å². The average Bonchev–Trinajstić information content (AvgIpc) is 3.41. The molecule has 7 nitrogen and oxygen atoms in total. The maximum absolute atomic E-state index is 12.6. The summed E-state index contributed by atoms with van der Waals surface area (Å²) < 4.78 is 26.3. The summed E-state index contributed by atoms with van der Waals surface area (Å²) in [5, 5.41) is 13.3. The van der Waals surface area contributed by atoms with Crippen molar-refractivity contribution >= 4 is 61.2 Å². The number of carbonyl (C=O) groups is 1. The zero-order valence-electron chi connectivity index (χ0n) is 14.6. The first-order valence-electron chi connectivity index (χ1n) is 8.42. The number of amides is 1. The molecule has 3 aromatic rings. The van der Waals surface area contributed by atoms with Crippen LogP contribution in [0.4, 0.5) is 10.8 Å². The third-order valence-electron chi connectivity index (χ3n) is 4.04. The van der Waals surface area contributed by atoms with Gasteiger partial charge in [-0.25, -0.2) is 8.42 Å². The lowest BCUT2D eigenvalue weighted by atomic mass is 10.2. The Morgan fingerprint density at radius 1 is 1.25 bits per heavy atom. The van der Waals surface area contributed by atoms with Crippen molar-refractivity contribution in [3.63, 3.8) is 0 Å². The molecule has 0 unspecified atom stereocenters. The first-order valence-corrected chi connectivity index (χ1v) is 12.7. The first kappa shape index (κ1) is 19.4. The summed E-state index contributed by atoms with van der Waals surface area (Å²) >= 11 is 4.57. The molecule has 1 aliphatic heterocycles. The van der Waals surface area contributed by atoms with Crippen LogP contribution >= 0.6 is 34.4 Å². The molecule has 11 heteroatoms. The van der Waals surface area contributed by atoms with Crippen LogP contribution in [0, 0.1) is 0 Å². The minimum Gasteiger partial charge on any atom is -0.296 e. The number of thiophene rings is 1. The largest absolute Gasteiger partial charge is 0.296 e. The van der Waals surface area contributed by atoms with E-state index in [0.29, 0.717) is 29.3 Å². The van der Waals surface area contributed by atoms with Crippen LogP contribution in [0.2, 0.25) is 0 Å². The van der Waals surface area contributed by atoms with Gasteiger partial charge in [-0.3, -0.25) is 14.4 Å². The van der Waals surface area contributed by atoms with Gasteiger partial charge in [0.05, 0.1) is 11.4 Å². The van der Waals surface area contributed by atoms with Crippen molar-refractivity contribution in [1.82, 2.24) is 10.2 Å². The maximum atomic E-state index is 12.6. The molecular weight excluding hydrogens is 436 g/mol. The van der Waals surface area contributed by atoms with E-state index in [-0.39, 0.29) is 11.7 Å². The summed E-state index contributed by atoms with van der Waals surface area (Å²) in [6.45, 7) is 0.439. The van der Waals surface area contributed by atoms with Crippen molar-refractivity contribution < 1.29 is 13.2 Å². The number of anilines is 2. The molecule has 3 heterocycles. The van der Waals surface area contributed by atoms with Crippen molar-refractivity contribution in [2.24, 2.45) is 0 Å². The van der Waals surface area contributed by atoms with E-state index in [0.717, 1.165) is 10.1 Å². The maximum Gasteiger partial charge on any atom is 0.257 e. The number of aromatic nitrogens is 2. The molecule has 0 saturated carbocycles. The van der Waals surface area contributed by atoms with Gasteiger partial charge < -0.3 is 0 Å². The highest BCUT2D eigenvalue weighted by molar-refractivity contribution is 8.00. The third-order valence-corrected chi connectivity index (χ3v) is 8.99. The number of nitrogens with zero attached hydrogens (tertiary/aromatic N) is 3. The van der Waals surface area contributed by atoms with Crippen LogP contribution in [0.1, 0.15) is 21.7 Å². The summed E-state index contributed by atoms with van der Waals surface area (Å²) in [7, 11) is -3.28. The number of hydrogen-bond donors (Lipinski definition) is 1. The van der Waals surface area contributed by atoms with Crippen molar-refractivity contribution in [2.45, 2.75) is 16.5 Å². The second-order valence-electron chi connectivity index (χ2n) is 5.99. The molecule has 146 valence electrons. The number of hydrogen-bond acceptors (Lipinski definition) is 8. The molecule has 1 saturated heterocycles. The van der Waals surface area contributed by atoms with Gasteiger partial charge in [-0.2, -0.15) is 0 Å². The number of carbonyl (C=O) groups excluding carboxylic acids is 1. The minimum atomic E-state index is -3.28. The van der Waals surface area contributed by atoms with Crippen LogP contribution in [0.5, 0.6) is 0 Å². The SMILES string of the molecule is O=C(Nc1nnc(SCc2cccs2)s1)c1cccc(N2CCCS2(=O)=O)c1. The second-order valence-corrected chi connectivity index (χ2v) is 11.2. The van der Waals surface area contributed by atoms with Crippen molar-refractivity contribution in [2.75, 3.05) is 21.9 Å². The topological polar surface area (TPSA) is 92.3 Å². The fourth-order valence-corrected chi connectivity index (χ4v) is 6.82. The summed E-state index contributed by atoms with van der Waals surface area (Å²) in [6, 6.07) is 10.7. The van der Waals surface area contributed by atoms with E-state index in [1.807, 2.05) is 11.4 Å². The summed E-state index contributed by atoms with van der Waals surface area (Å²) in [5.41, 5.74) is 0.886. The highest BCUT2D eigenvalue weighted by Gasteiger charge is 2.28. The standard InChI is InChI=1S/C17H16N4O3S4/c22-15(12-4-1-5-13(10-12)21-7-3-9-28(21,23)24)18-16-19-20-17(27-16)26-11-14-6-2-8-25-14/h1-2,4-6,8,10H,3,7,9,11H2,(H,18,19,22). The van der Waals surface area contributed by atoms with Crippen LogP contribution in [0.3, 0.4) is 0 Å². The number of rotatable bonds is 6. The van der Waals surface area contributed by atoms with Gasteiger partial charge in [0.2, 0.25) is 15.2 Å². The van der Waals surface area contributed by atoms with Crippen LogP contribution in [0.25, 0.3) is 0 Å². The van der Waals surface area contributed by atoms with E-state index >= 15 is 0 Å². The molecule has 1 fully saturated rings. The molecule has 1 N–H and O–H groups in total. The lowest BCUT2D eigenvalue weighted by Gasteiger charge is -2.17. The smallest absolute Gasteiger partial charge is 0.257 e. The normalized spacial score (nSPS) is 15.6. The Bertz CT molecular complexity index is 1080. The molecule has 1 aliphatic rings. The monoisotopic (exact) mass is 452 g/mol. The lowest BCUT2D eigenvalue weighted by molar-refractivity contribution is 0.102. The highest BCUT2D eigenvalue weighted by atomic mass is 32.2. The molecule has 0 radical (unpaired) electrons. The average molecular weight is 453 g/mol. The van der Waals surface area contributed by atoms with Gasteiger partial charge in [-0.15, -0.1) is 21.5 Å². The van der Waals surface area contributed by atoms with E-state index in [2.05, 4.69) is 21.6 Å². The van der Waals surface area contributed by atoms with Crippen LogP contribution < -0.4 is 9.62 Å². The van der Waals surface area contributed by atoms with Gasteiger partial charge in [0.15, 0.2) is 4.34 Å². The Labute approximate surface area is 174 Å². The van der Waals surface area contributed by atoms with Crippen LogP contribution in [-0.4, -0.2) is 36.8 Å². The van der Waals surface area contributed by atoms with Gasteiger partial charge in [-0.05, 0) is 36.1 Å². The zero-order chi connectivity index (χ0) is 19.6. The Morgan fingerprint density at radius 2 is 2.14 bits per heavy atom. The summed E-state index contributed by atoms with van der Waals surface area (Å²) in [4.78, 5) is 13.8. The molecule has 0 atom stereocenters. The predicted octanol–water partition coefficient (Wildman–Crippen LogP) is 3.68. The quantitative estimate of drug-likeness (QED) is 0.453. The lowest BCUT2D eigenvalue weighted by Crippen LogP contribution is -2.25. The molecular formula is C17H16N4O3S4. The zero-order valence-corrected chi connectivity index (χ0v) is 17.8. The molecule has 0 bridgehead atoms. The Kier molecular flexibility index (Phi) is 5.67. The fraction of sp³-hybridized carbons (Fsp3) is 0.235. The molecule has 0 aliphatic carbocycles. The molecule has 1 aromatic carbocycles. The Hall–Kier alpha value is -1.95. The molecule has 28 heavy (non-hydrogen) atoms. The first-order chi connectivity index (χ1) is 13.5. The number of nitrogens with one attached hydrogen (secondary N) is 1. The third kappa shape index (κ3) is 4.37.